The fraction of sp³-hybridized carbons (Fsp3) is 0.424. The van der Waals surface area contributed by atoms with E-state index < -0.39 is 54.0 Å². The van der Waals surface area contributed by atoms with Gasteiger partial charge in [-0.05, 0) is 43.0 Å². The molecule has 0 amide bonds. The van der Waals surface area contributed by atoms with E-state index in [0.29, 0.717) is 24.8 Å². The Balaban J connectivity index is 1.32. The number of ether oxygens (including phenoxy) is 2. The van der Waals surface area contributed by atoms with Crippen LogP contribution in [0, 0.1) is 29.9 Å². The second-order valence-corrected chi connectivity index (χ2v) is 12.2. The van der Waals surface area contributed by atoms with Crippen LogP contribution in [0.5, 0.6) is 6.01 Å². The zero-order chi connectivity index (χ0) is 32.8. The molecule has 0 radical (unpaired) electrons. The molecule has 2 aromatic carbocycles. The number of benzene rings is 2. The fourth-order valence-electron chi connectivity index (χ4n) is 7.35. The molecule has 12 heteroatoms. The highest BCUT2D eigenvalue weighted by Crippen LogP contribution is 2.46. The van der Waals surface area contributed by atoms with E-state index >= 15 is 4.39 Å². The van der Waals surface area contributed by atoms with Crippen molar-refractivity contribution in [1.29, 1.82) is 0 Å². The Morgan fingerprint density at radius 1 is 1.22 bits per heavy atom. The molecular formula is C33H30F4N6O2. The summed E-state index contributed by atoms with van der Waals surface area (Å²) in [7, 11) is 0. The van der Waals surface area contributed by atoms with E-state index in [1.54, 1.807) is 15.9 Å². The largest absolute Gasteiger partial charge is 0.461 e. The highest BCUT2D eigenvalue weighted by atomic mass is 19.1. The Hall–Kier alpha value is -4.21. The SMILES string of the molecule is [2H]C([2H])(Oc1nc(N2CCOC[C@H]3C2[C@H]3F)c2cnc(-c3cc(N)cc4ccc(F)c(C#C)c34)c(F)c2n1)[C@@]12CCCN1C[C@H](F)C2. The van der Waals surface area contributed by atoms with E-state index in [-0.39, 0.29) is 77.3 Å². The van der Waals surface area contributed by atoms with Crippen LogP contribution in [0.3, 0.4) is 0 Å². The Morgan fingerprint density at radius 3 is 2.93 bits per heavy atom. The molecule has 2 aromatic heterocycles. The van der Waals surface area contributed by atoms with Crippen LogP contribution in [0.1, 0.15) is 27.6 Å². The van der Waals surface area contributed by atoms with E-state index in [0.717, 1.165) is 0 Å². The molecule has 4 aromatic rings. The van der Waals surface area contributed by atoms with Crippen LogP contribution in [0.25, 0.3) is 32.9 Å². The van der Waals surface area contributed by atoms with Crippen LogP contribution >= 0.6 is 0 Å². The summed E-state index contributed by atoms with van der Waals surface area (Å²) < 4.78 is 90.8. The number of hydrogen-bond donors (Lipinski definition) is 1. The van der Waals surface area contributed by atoms with Crippen molar-refractivity contribution in [2.24, 2.45) is 5.92 Å². The van der Waals surface area contributed by atoms with Crippen LogP contribution in [0.2, 0.25) is 0 Å². The van der Waals surface area contributed by atoms with Crippen LogP contribution in [0.4, 0.5) is 29.1 Å². The first-order chi connectivity index (χ1) is 22.5. The Kier molecular flexibility index (Phi) is 6.03. The molecule has 1 saturated carbocycles. The summed E-state index contributed by atoms with van der Waals surface area (Å²) in [6.07, 6.45) is 5.50. The number of aromatic nitrogens is 3. The van der Waals surface area contributed by atoms with Crippen LogP contribution in [-0.4, -0.2) is 83.2 Å². The van der Waals surface area contributed by atoms with Gasteiger partial charge in [0.05, 0.1) is 38.5 Å². The molecule has 3 saturated heterocycles. The molecule has 5 atom stereocenters. The average molecular weight is 621 g/mol. The highest BCUT2D eigenvalue weighted by molar-refractivity contribution is 6.03. The summed E-state index contributed by atoms with van der Waals surface area (Å²) in [5.74, 6) is 0.393. The maximum atomic E-state index is 16.9. The Morgan fingerprint density at radius 2 is 2.09 bits per heavy atom. The van der Waals surface area contributed by atoms with Crippen molar-refractivity contribution in [3.05, 3.63) is 47.7 Å². The lowest BCUT2D eigenvalue weighted by atomic mass is 9.95. The van der Waals surface area contributed by atoms with Crippen molar-refractivity contribution in [3.63, 3.8) is 0 Å². The van der Waals surface area contributed by atoms with E-state index in [4.69, 9.17) is 24.4 Å². The molecule has 0 bridgehead atoms. The maximum absolute atomic E-state index is 16.9. The number of pyridine rings is 1. The number of halogens is 4. The van der Waals surface area contributed by atoms with Gasteiger partial charge < -0.3 is 20.1 Å². The van der Waals surface area contributed by atoms with Gasteiger partial charge in [0.25, 0.3) is 0 Å². The molecule has 4 fully saturated rings. The number of terminal acetylenes is 1. The molecule has 45 heavy (non-hydrogen) atoms. The molecular weight excluding hydrogens is 588 g/mol. The molecule has 1 unspecified atom stereocenters. The van der Waals surface area contributed by atoms with Crippen molar-refractivity contribution < 1.29 is 29.8 Å². The van der Waals surface area contributed by atoms with Gasteiger partial charge in [-0.1, -0.05) is 12.0 Å². The number of hydrogen-bond acceptors (Lipinski definition) is 8. The maximum Gasteiger partial charge on any atom is 0.319 e. The first kappa shape index (κ1) is 26.1. The number of alkyl halides is 2. The minimum atomic E-state index is -2.46. The third-order valence-electron chi connectivity index (χ3n) is 9.52. The number of nitrogens with zero attached hydrogens (tertiary/aromatic N) is 5. The zero-order valence-corrected chi connectivity index (χ0v) is 24.1. The van der Waals surface area contributed by atoms with Crippen LogP contribution < -0.4 is 15.4 Å². The third kappa shape index (κ3) is 4.47. The normalized spacial score (nSPS) is 28.7. The average Bonchev–Trinajstić information content (AvgIpc) is 3.39. The summed E-state index contributed by atoms with van der Waals surface area (Å²) in [5.41, 5.74) is 4.66. The number of nitrogens with two attached hydrogens (primary N) is 1. The highest BCUT2D eigenvalue weighted by Gasteiger charge is 2.56. The predicted molar refractivity (Wildman–Crippen MR) is 161 cm³/mol. The van der Waals surface area contributed by atoms with Gasteiger partial charge in [-0.2, -0.15) is 9.97 Å². The molecule has 1 aliphatic carbocycles. The molecule has 8 rings (SSSR count). The second kappa shape index (κ2) is 10.4. The van der Waals surface area contributed by atoms with Gasteiger partial charge in [-0.3, -0.25) is 9.88 Å². The van der Waals surface area contributed by atoms with E-state index in [1.165, 1.54) is 24.4 Å². The number of rotatable bonds is 5. The summed E-state index contributed by atoms with van der Waals surface area (Å²) in [5, 5.41) is 0.821. The second-order valence-electron chi connectivity index (χ2n) is 12.2. The Labute approximate surface area is 259 Å². The standard InChI is InChI=1S/C33H30F4N6O2/c1-2-20-24(35)5-4-17-10-19(38)11-21(25(17)20)28-27(37)29-22(13-39-28)31(43-8-9-44-15-23-26(36)30(23)43)41-32(40-29)45-16-33-6-3-7-42(33)14-18(34)12-33/h1,4-5,10-11,13,18,23,26,30H,3,6-9,12,14-16,38H2/t18-,23-,26+,30?,33+/m1/s1/i16D2. The number of nitrogen functional groups attached to an aromatic ring is 1. The van der Waals surface area contributed by atoms with Gasteiger partial charge in [-0.15, -0.1) is 6.42 Å². The lowest BCUT2D eigenvalue weighted by molar-refractivity contribution is 0.107. The summed E-state index contributed by atoms with van der Waals surface area (Å²) in [6.45, 7) is -1.18. The van der Waals surface area contributed by atoms with Gasteiger partial charge in [0, 0.05) is 48.3 Å². The van der Waals surface area contributed by atoms with Crippen molar-refractivity contribution >= 4 is 33.2 Å². The molecule has 8 nitrogen and oxygen atoms in total. The monoisotopic (exact) mass is 620 g/mol. The van der Waals surface area contributed by atoms with Gasteiger partial charge in [0.15, 0.2) is 5.82 Å². The molecule has 232 valence electrons. The topological polar surface area (TPSA) is 89.6 Å². The van der Waals surface area contributed by atoms with Gasteiger partial charge >= 0.3 is 6.01 Å². The predicted octanol–water partition coefficient (Wildman–Crippen LogP) is 4.82. The molecule has 2 N–H and O–H groups in total. The third-order valence-corrected chi connectivity index (χ3v) is 9.52. The van der Waals surface area contributed by atoms with Crippen molar-refractivity contribution in [3.8, 4) is 29.6 Å². The molecule has 5 heterocycles. The minimum Gasteiger partial charge on any atom is -0.461 e. The Bertz CT molecular complexity index is 2000. The van der Waals surface area contributed by atoms with Gasteiger partial charge in [0.2, 0.25) is 0 Å². The van der Waals surface area contributed by atoms with Crippen molar-refractivity contribution in [2.45, 2.75) is 43.2 Å². The van der Waals surface area contributed by atoms with Crippen molar-refractivity contribution in [1.82, 2.24) is 19.9 Å². The summed E-state index contributed by atoms with van der Waals surface area (Å²) >= 11 is 0. The van der Waals surface area contributed by atoms with E-state index in [1.807, 2.05) is 0 Å². The first-order valence-corrected chi connectivity index (χ1v) is 14.9. The fourth-order valence-corrected chi connectivity index (χ4v) is 7.35. The lowest BCUT2D eigenvalue weighted by Gasteiger charge is -2.31. The number of anilines is 2. The van der Waals surface area contributed by atoms with Crippen LogP contribution in [-0.2, 0) is 4.74 Å². The number of fused-ring (bicyclic) bond motifs is 4. The summed E-state index contributed by atoms with van der Waals surface area (Å²) in [6, 6.07) is 4.61. The minimum absolute atomic E-state index is 0.0732. The molecule has 4 aliphatic rings. The van der Waals surface area contributed by atoms with Gasteiger partial charge in [-0.25, -0.2) is 17.6 Å². The van der Waals surface area contributed by atoms with E-state index in [2.05, 4.69) is 20.9 Å². The quantitative estimate of drug-likeness (QED) is 0.193. The summed E-state index contributed by atoms with van der Waals surface area (Å²) in [4.78, 5) is 16.7. The first-order valence-electron chi connectivity index (χ1n) is 15.9. The van der Waals surface area contributed by atoms with Crippen LogP contribution in [0.15, 0.2) is 30.5 Å². The zero-order valence-electron chi connectivity index (χ0n) is 26.1. The molecule has 3 aliphatic heterocycles. The van der Waals surface area contributed by atoms with E-state index in [9.17, 15) is 13.2 Å². The van der Waals surface area contributed by atoms with Gasteiger partial charge in [0.1, 0.15) is 41.7 Å². The van der Waals surface area contributed by atoms with Crippen molar-refractivity contribution in [2.75, 3.05) is 50.0 Å². The smallest absolute Gasteiger partial charge is 0.319 e. The lowest BCUT2D eigenvalue weighted by Crippen LogP contribution is -2.43. The molecule has 0 spiro atoms.